The van der Waals surface area contributed by atoms with E-state index in [4.69, 9.17) is 11.6 Å². The lowest BCUT2D eigenvalue weighted by Gasteiger charge is -2.35. The Morgan fingerprint density at radius 3 is 2.33 bits per heavy atom. The van der Waals surface area contributed by atoms with Crippen LogP contribution < -0.4 is 4.90 Å². The van der Waals surface area contributed by atoms with E-state index in [1.165, 1.54) is 4.90 Å². The van der Waals surface area contributed by atoms with Gasteiger partial charge in [-0.1, -0.05) is 11.6 Å². The van der Waals surface area contributed by atoms with Crippen LogP contribution in [0.1, 0.15) is 0 Å². The molecule has 1 fully saturated rings. The van der Waals surface area contributed by atoms with Gasteiger partial charge in [0.2, 0.25) is 0 Å². The number of nitrogens with zero attached hydrogens (tertiary/aromatic N) is 3. The molecule has 1 saturated heterocycles. The summed E-state index contributed by atoms with van der Waals surface area (Å²) in [6.07, 6.45) is -2.58. The summed E-state index contributed by atoms with van der Waals surface area (Å²) in [5.74, 6) is 0.756. The Balaban J connectivity index is 1.88. The first-order chi connectivity index (χ1) is 8.44. The first-order valence-electron chi connectivity index (χ1n) is 5.60. The Labute approximate surface area is 108 Å². The Bertz CT molecular complexity index is 386. The van der Waals surface area contributed by atoms with Crippen molar-refractivity contribution < 1.29 is 13.2 Å². The summed E-state index contributed by atoms with van der Waals surface area (Å²) < 4.78 is 36.7. The lowest BCUT2D eigenvalue weighted by Crippen LogP contribution is -2.49. The SMILES string of the molecule is FC(F)(F)CN1CCN(c2ccc(Cl)cn2)CC1. The lowest BCUT2D eigenvalue weighted by molar-refractivity contribution is -0.146. The maximum Gasteiger partial charge on any atom is 0.401 e. The molecule has 18 heavy (non-hydrogen) atoms. The number of hydrogen-bond donors (Lipinski definition) is 0. The van der Waals surface area contributed by atoms with Crippen molar-refractivity contribution in [2.45, 2.75) is 6.18 Å². The van der Waals surface area contributed by atoms with Crippen molar-refractivity contribution in [2.75, 3.05) is 37.6 Å². The van der Waals surface area contributed by atoms with Crippen molar-refractivity contribution in [1.82, 2.24) is 9.88 Å². The van der Waals surface area contributed by atoms with E-state index < -0.39 is 12.7 Å². The number of rotatable bonds is 2. The molecule has 3 nitrogen and oxygen atoms in total. The fraction of sp³-hybridized carbons (Fsp3) is 0.545. The number of alkyl halides is 3. The van der Waals surface area contributed by atoms with E-state index in [9.17, 15) is 13.2 Å². The molecule has 0 radical (unpaired) electrons. The van der Waals surface area contributed by atoms with Gasteiger partial charge in [0.15, 0.2) is 0 Å². The van der Waals surface area contributed by atoms with Gasteiger partial charge in [-0.2, -0.15) is 13.2 Å². The predicted octanol–water partition coefficient (Wildman–Crippen LogP) is 2.42. The van der Waals surface area contributed by atoms with Crippen LogP contribution in [0.25, 0.3) is 0 Å². The molecular formula is C11H13ClF3N3. The van der Waals surface area contributed by atoms with E-state index in [1.807, 2.05) is 4.90 Å². The van der Waals surface area contributed by atoms with E-state index in [0.29, 0.717) is 31.2 Å². The summed E-state index contributed by atoms with van der Waals surface area (Å²) in [5.41, 5.74) is 0. The highest BCUT2D eigenvalue weighted by molar-refractivity contribution is 6.30. The number of hydrogen-bond acceptors (Lipinski definition) is 3. The number of halogens is 4. The van der Waals surface area contributed by atoms with E-state index in [1.54, 1.807) is 18.3 Å². The van der Waals surface area contributed by atoms with Gasteiger partial charge in [-0.25, -0.2) is 4.98 Å². The van der Waals surface area contributed by atoms with Crippen molar-refractivity contribution in [2.24, 2.45) is 0 Å². The van der Waals surface area contributed by atoms with Crippen LogP contribution in [-0.4, -0.2) is 48.8 Å². The van der Waals surface area contributed by atoms with Crippen LogP contribution >= 0.6 is 11.6 Å². The Morgan fingerprint density at radius 2 is 1.83 bits per heavy atom. The normalized spacial score (nSPS) is 18.1. The average molecular weight is 280 g/mol. The highest BCUT2D eigenvalue weighted by Gasteiger charge is 2.32. The number of piperazine rings is 1. The van der Waals surface area contributed by atoms with Crippen molar-refractivity contribution >= 4 is 17.4 Å². The standard InChI is InChI=1S/C11H13ClF3N3/c12-9-1-2-10(16-7-9)18-5-3-17(4-6-18)8-11(13,14)15/h1-2,7H,3-6,8H2. The molecule has 2 rings (SSSR count). The van der Waals surface area contributed by atoms with Gasteiger partial charge in [-0.05, 0) is 12.1 Å². The molecule has 1 aliphatic rings. The summed E-state index contributed by atoms with van der Waals surface area (Å²) in [5, 5.41) is 0.550. The van der Waals surface area contributed by atoms with E-state index >= 15 is 0 Å². The molecule has 2 heterocycles. The zero-order valence-electron chi connectivity index (χ0n) is 9.62. The molecule has 0 saturated carbocycles. The highest BCUT2D eigenvalue weighted by Crippen LogP contribution is 2.20. The van der Waals surface area contributed by atoms with Gasteiger partial charge < -0.3 is 4.90 Å². The maximum absolute atomic E-state index is 12.2. The average Bonchev–Trinajstić information content (AvgIpc) is 2.29. The first-order valence-corrected chi connectivity index (χ1v) is 5.97. The number of anilines is 1. The molecule has 1 aromatic heterocycles. The molecule has 0 N–H and O–H groups in total. The van der Waals surface area contributed by atoms with Gasteiger partial charge in [-0.3, -0.25) is 4.90 Å². The van der Waals surface area contributed by atoms with Crippen LogP contribution in [0.2, 0.25) is 5.02 Å². The topological polar surface area (TPSA) is 19.4 Å². The van der Waals surface area contributed by atoms with Crippen LogP contribution in [0, 0.1) is 0 Å². The van der Waals surface area contributed by atoms with Gasteiger partial charge in [0.25, 0.3) is 0 Å². The van der Waals surface area contributed by atoms with Gasteiger partial charge in [0.05, 0.1) is 11.6 Å². The van der Waals surface area contributed by atoms with Gasteiger partial charge in [-0.15, -0.1) is 0 Å². The first kappa shape index (κ1) is 13.4. The zero-order valence-corrected chi connectivity index (χ0v) is 10.4. The third kappa shape index (κ3) is 3.74. The van der Waals surface area contributed by atoms with Gasteiger partial charge in [0, 0.05) is 32.4 Å². The van der Waals surface area contributed by atoms with E-state index in [0.717, 1.165) is 5.82 Å². The van der Waals surface area contributed by atoms with E-state index in [-0.39, 0.29) is 0 Å². The molecule has 0 aromatic carbocycles. The Hall–Kier alpha value is -1.01. The summed E-state index contributed by atoms with van der Waals surface area (Å²) in [6.45, 7) is 1.04. The van der Waals surface area contributed by atoms with Crippen LogP contribution in [0.15, 0.2) is 18.3 Å². The van der Waals surface area contributed by atoms with Crippen LogP contribution in [0.5, 0.6) is 0 Å². The molecule has 0 atom stereocenters. The molecular weight excluding hydrogens is 267 g/mol. The third-order valence-corrected chi connectivity index (χ3v) is 3.03. The molecule has 100 valence electrons. The quantitative estimate of drug-likeness (QED) is 0.829. The van der Waals surface area contributed by atoms with Crippen LogP contribution in [-0.2, 0) is 0 Å². The Kier molecular flexibility index (Phi) is 3.97. The van der Waals surface area contributed by atoms with Crippen molar-refractivity contribution in [1.29, 1.82) is 0 Å². The second-order valence-electron chi connectivity index (χ2n) is 4.21. The van der Waals surface area contributed by atoms with Crippen LogP contribution in [0.3, 0.4) is 0 Å². The summed E-state index contributed by atoms with van der Waals surface area (Å²) >= 11 is 5.73. The minimum Gasteiger partial charge on any atom is -0.354 e. The smallest absolute Gasteiger partial charge is 0.354 e. The number of pyridine rings is 1. The molecule has 0 amide bonds. The summed E-state index contributed by atoms with van der Waals surface area (Å²) in [6, 6.07) is 3.51. The summed E-state index contributed by atoms with van der Waals surface area (Å²) in [7, 11) is 0. The second kappa shape index (κ2) is 5.32. The zero-order chi connectivity index (χ0) is 13.2. The van der Waals surface area contributed by atoms with Crippen molar-refractivity contribution in [3.63, 3.8) is 0 Å². The van der Waals surface area contributed by atoms with E-state index in [2.05, 4.69) is 4.98 Å². The molecule has 0 bridgehead atoms. The van der Waals surface area contributed by atoms with Gasteiger partial charge >= 0.3 is 6.18 Å². The second-order valence-corrected chi connectivity index (χ2v) is 4.65. The number of aromatic nitrogens is 1. The largest absolute Gasteiger partial charge is 0.401 e. The fourth-order valence-electron chi connectivity index (χ4n) is 1.94. The Morgan fingerprint density at radius 1 is 1.17 bits per heavy atom. The van der Waals surface area contributed by atoms with Crippen molar-refractivity contribution in [3.05, 3.63) is 23.4 Å². The highest BCUT2D eigenvalue weighted by atomic mass is 35.5. The fourth-order valence-corrected chi connectivity index (χ4v) is 2.06. The molecule has 0 unspecified atom stereocenters. The minimum atomic E-state index is -4.12. The predicted molar refractivity (Wildman–Crippen MR) is 64.0 cm³/mol. The molecule has 0 spiro atoms. The van der Waals surface area contributed by atoms with Crippen LogP contribution in [0.4, 0.5) is 19.0 Å². The lowest BCUT2D eigenvalue weighted by atomic mass is 10.3. The minimum absolute atomic E-state index is 0.393. The summed E-state index contributed by atoms with van der Waals surface area (Å²) in [4.78, 5) is 7.53. The molecule has 7 heteroatoms. The maximum atomic E-state index is 12.2. The third-order valence-electron chi connectivity index (χ3n) is 2.81. The molecule has 0 aliphatic carbocycles. The van der Waals surface area contributed by atoms with Crippen molar-refractivity contribution in [3.8, 4) is 0 Å². The molecule has 1 aliphatic heterocycles. The van der Waals surface area contributed by atoms with Gasteiger partial charge in [0.1, 0.15) is 5.82 Å². The monoisotopic (exact) mass is 279 g/mol. The molecule has 1 aromatic rings.